The van der Waals surface area contributed by atoms with Crippen LogP contribution in [-0.4, -0.2) is 37.2 Å². The molecule has 0 N–H and O–H groups in total. The Morgan fingerprint density at radius 3 is 0.907 bits per heavy atom. The molecule has 0 spiro atoms. The van der Waals surface area contributed by atoms with Crippen molar-refractivity contribution in [3.63, 3.8) is 0 Å². The second kappa shape index (κ2) is 42.6. The predicted octanol–water partition coefficient (Wildman–Crippen LogP) is 15.1. The molecule has 0 radical (unpaired) electrons. The van der Waals surface area contributed by atoms with Crippen LogP contribution in [0, 0.1) is 5.92 Å². The average Bonchev–Trinajstić information content (AvgIpc) is 3.15. The highest BCUT2D eigenvalue weighted by Crippen LogP contribution is 2.16. The van der Waals surface area contributed by atoms with Gasteiger partial charge in [0.05, 0.1) is 0 Å². The van der Waals surface area contributed by atoms with Gasteiger partial charge in [0.25, 0.3) is 0 Å². The zero-order valence-corrected chi connectivity index (χ0v) is 36.7. The van der Waals surface area contributed by atoms with Crippen LogP contribution in [0.3, 0.4) is 0 Å². The van der Waals surface area contributed by atoms with E-state index in [1.54, 1.807) is 0 Å². The monoisotopic (exact) mass is 765 g/mol. The van der Waals surface area contributed by atoms with E-state index in [2.05, 4.69) is 27.7 Å². The molecule has 0 aliphatic carbocycles. The third-order valence-electron chi connectivity index (χ3n) is 10.8. The quantitative estimate of drug-likeness (QED) is 0.0349. The highest BCUT2D eigenvalue weighted by atomic mass is 16.6. The van der Waals surface area contributed by atoms with Crippen molar-refractivity contribution in [2.24, 2.45) is 5.92 Å². The summed E-state index contributed by atoms with van der Waals surface area (Å²) in [5, 5.41) is 0. The Bertz CT molecular complexity index is 811. The van der Waals surface area contributed by atoms with E-state index in [0.29, 0.717) is 19.3 Å². The van der Waals surface area contributed by atoms with Gasteiger partial charge in [-0.15, -0.1) is 0 Å². The lowest BCUT2D eigenvalue weighted by Gasteiger charge is -2.18. The first-order chi connectivity index (χ1) is 26.4. The number of ether oxygens (including phenoxy) is 3. The van der Waals surface area contributed by atoms with Crippen molar-refractivity contribution < 1.29 is 28.6 Å². The molecule has 0 aliphatic heterocycles. The second-order valence-electron chi connectivity index (χ2n) is 16.9. The Morgan fingerprint density at radius 2 is 0.611 bits per heavy atom. The number of unbranched alkanes of at least 4 members (excludes halogenated alkanes) is 30. The van der Waals surface area contributed by atoms with Crippen LogP contribution in [0.25, 0.3) is 0 Å². The van der Waals surface area contributed by atoms with Crippen molar-refractivity contribution in [3.05, 3.63) is 0 Å². The lowest BCUT2D eigenvalue weighted by Crippen LogP contribution is -2.30. The zero-order valence-electron chi connectivity index (χ0n) is 36.7. The first-order valence-electron chi connectivity index (χ1n) is 23.9. The molecule has 0 aromatic heterocycles. The SMILES string of the molecule is CCCCCCCCCCCCCCCCCCC(=O)OC[C@@H](COC(=O)CCCCCCCCC)OC(=O)CCCCCCCCCCCCC(C)C. The molecule has 1 atom stereocenters. The number of carbonyl (C=O) groups excluding carboxylic acids is 3. The van der Waals surface area contributed by atoms with Gasteiger partial charge in [-0.25, -0.2) is 0 Å². The average molecular weight is 765 g/mol. The van der Waals surface area contributed by atoms with Gasteiger partial charge in [-0.05, 0) is 25.2 Å². The minimum Gasteiger partial charge on any atom is -0.462 e. The van der Waals surface area contributed by atoms with Gasteiger partial charge in [-0.3, -0.25) is 14.4 Å². The Kier molecular flexibility index (Phi) is 41.3. The number of hydrogen-bond acceptors (Lipinski definition) is 6. The fraction of sp³-hybridized carbons (Fsp3) is 0.938. The zero-order chi connectivity index (χ0) is 39.6. The van der Waals surface area contributed by atoms with E-state index in [4.69, 9.17) is 14.2 Å². The van der Waals surface area contributed by atoms with Crippen LogP contribution in [0.15, 0.2) is 0 Å². The third kappa shape index (κ3) is 41.6. The van der Waals surface area contributed by atoms with Gasteiger partial charge in [-0.2, -0.15) is 0 Å². The highest BCUT2D eigenvalue weighted by molar-refractivity contribution is 5.71. The Balaban J connectivity index is 4.23. The molecule has 0 saturated carbocycles. The Hall–Kier alpha value is -1.59. The normalized spacial score (nSPS) is 11.9. The van der Waals surface area contributed by atoms with Crippen LogP contribution in [0.1, 0.15) is 265 Å². The van der Waals surface area contributed by atoms with Crippen molar-refractivity contribution in [3.8, 4) is 0 Å². The van der Waals surface area contributed by atoms with Crippen molar-refractivity contribution in [2.75, 3.05) is 13.2 Å². The van der Waals surface area contributed by atoms with Crippen molar-refractivity contribution in [2.45, 2.75) is 271 Å². The van der Waals surface area contributed by atoms with E-state index >= 15 is 0 Å². The Labute approximate surface area is 336 Å². The highest BCUT2D eigenvalue weighted by Gasteiger charge is 2.19. The summed E-state index contributed by atoms with van der Waals surface area (Å²) in [6.45, 7) is 8.96. The third-order valence-corrected chi connectivity index (χ3v) is 10.8. The van der Waals surface area contributed by atoms with Crippen LogP contribution in [0.5, 0.6) is 0 Å². The molecule has 0 fully saturated rings. The molecule has 0 aromatic rings. The predicted molar refractivity (Wildman–Crippen MR) is 229 cm³/mol. The first kappa shape index (κ1) is 52.4. The van der Waals surface area contributed by atoms with Gasteiger partial charge in [0.2, 0.25) is 0 Å². The molecule has 54 heavy (non-hydrogen) atoms. The summed E-state index contributed by atoms with van der Waals surface area (Å²) in [5.74, 6) is -0.0412. The summed E-state index contributed by atoms with van der Waals surface area (Å²) >= 11 is 0. The summed E-state index contributed by atoms with van der Waals surface area (Å²) < 4.78 is 16.7. The van der Waals surface area contributed by atoms with Gasteiger partial charge in [0.1, 0.15) is 13.2 Å². The molecular formula is C48H92O6. The topological polar surface area (TPSA) is 78.9 Å². The molecule has 0 saturated heterocycles. The Morgan fingerprint density at radius 1 is 0.352 bits per heavy atom. The van der Waals surface area contributed by atoms with Gasteiger partial charge in [-0.1, -0.05) is 227 Å². The van der Waals surface area contributed by atoms with Crippen molar-refractivity contribution >= 4 is 17.9 Å². The van der Waals surface area contributed by atoms with E-state index in [1.807, 2.05) is 0 Å². The van der Waals surface area contributed by atoms with E-state index < -0.39 is 6.10 Å². The molecule has 0 unspecified atom stereocenters. The van der Waals surface area contributed by atoms with Gasteiger partial charge < -0.3 is 14.2 Å². The van der Waals surface area contributed by atoms with Gasteiger partial charge in [0.15, 0.2) is 6.10 Å². The summed E-state index contributed by atoms with van der Waals surface area (Å²) in [6, 6.07) is 0. The summed E-state index contributed by atoms with van der Waals surface area (Å²) in [6.07, 6.45) is 42.4. The molecule has 0 amide bonds. The van der Waals surface area contributed by atoms with Crippen LogP contribution in [0.2, 0.25) is 0 Å². The molecule has 0 aromatic carbocycles. The molecule has 320 valence electrons. The number of hydrogen-bond donors (Lipinski definition) is 0. The molecular weight excluding hydrogens is 673 g/mol. The maximum absolute atomic E-state index is 12.7. The summed E-state index contributed by atoms with van der Waals surface area (Å²) in [5.41, 5.74) is 0. The molecule has 0 rings (SSSR count). The summed E-state index contributed by atoms with van der Waals surface area (Å²) in [7, 11) is 0. The van der Waals surface area contributed by atoms with E-state index in [9.17, 15) is 14.4 Å². The molecule has 0 bridgehead atoms. The number of carbonyl (C=O) groups is 3. The maximum atomic E-state index is 12.7. The minimum atomic E-state index is -0.759. The van der Waals surface area contributed by atoms with Crippen molar-refractivity contribution in [1.82, 2.24) is 0 Å². The van der Waals surface area contributed by atoms with E-state index in [1.165, 1.54) is 161 Å². The summed E-state index contributed by atoms with van der Waals surface area (Å²) in [4.78, 5) is 37.6. The van der Waals surface area contributed by atoms with E-state index in [-0.39, 0.29) is 31.1 Å². The largest absolute Gasteiger partial charge is 0.462 e. The van der Waals surface area contributed by atoms with Crippen molar-refractivity contribution in [1.29, 1.82) is 0 Å². The van der Waals surface area contributed by atoms with Crippen LogP contribution >= 0.6 is 0 Å². The molecule has 6 nitrogen and oxygen atoms in total. The fourth-order valence-electron chi connectivity index (χ4n) is 7.16. The molecule has 6 heteroatoms. The molecule has 0 heterocycles. The first-order valence-corrected chi connectivity index (χ1v) is 23.9. The van der Waals surface area contributed by atoms with Crippen LogP contribution in [-0.2, 0) is 28.6 Å². The van der Waals surface area contributed by atoms with E-state index in [0.717, 1.165) is 63.7 Å². The molecule has 0 aliphatic rings. The van der Waals surface area contributed by atoms with Gasteiger partial charge in [0, 0.05) is 19.3 Å². The minimum absolute atomic E-state index is 0.0639. The number of rotatable bonds is 43. The second-order valence-corrected chi connectivity index (χ2v) is 16.9. The van der Waals surface area contributed by atoms with Gasteiger partial charge >= 0.3 is 17.9 Å². The standard InChI is InChI=1S/C48H92O6/c1-5-7-9-11-13-14-15-16-17-18-19-20-24-28-32-36-40-47(50)53-43-45(42-52-46(49)39-35-31-26-12-10-8-6-2)54-48(51)41-37-33-29-25-22-21-23-27-30-34-38-44(3)4/h44-45H,5-43H2,1-4H3/t45-/m1/s1. The van der Waals surface area contributed by atoms with Crippen LogP contribution in [0.4, 0.5) is 0 Å². The fourth-order valence-corrected chi connectivity index (χ4v) is 7.16. The number of esters is 3. The lowest BCUT2D eigenvalue weighted by atomic mass is 10.0. The maximum Gasteiger partial charge on any atom is 0.306 e. The lowest BCUT2D eigenvalue weighted by molar-refractivity contribution is -0.167. The van der Waals surface area contributed by atoms with Crippen LogP contribution < -0.4 is 0 Å². The smallest absolute Gasteiger partial charge is 0.306 e.